The smallest absolute Gasteiger partial charge is 0.251 e. The summed E-state index contributed by atoms with van der Waals surface area (Å²) in [5, 5.41) is 5.51. The van der Waals surface area contributed by atoms with Gasteiger partial charge >= 0.3 is 0 Å². The van der Waals surface area contributed by atoms with E-state index in [0.29, 0.717) is 22.9 Å². The Morgan fingerprint density at radius 1 is 1.03 bits per heavy atom. The minimum absolute atomic E-state index is 0.280. The van der Waals surface area contributed by atoms with Gasteiger partial charge in [-0.1, -0.05) is 29.8 Å². The Kier molecular flexibility index (Phi) is 7.22. The number of hydrogen-bond acceptors (Lipinski definition) is 5. The summed E-state index contributed by atoms with van der Waals surface area (Å²) in [6.07, 6.45) is 1.63. The van der Waals surface area contributed by atoms with Gasteiger partial charge in [0, 0.05) is 30.4 Å². The molecule has 1 unspecified atom stereocenters. The van der Waals surface area contributed by atoms with Gasteiger partial charge in [-0.3, -0.25) is 9.59 Å². The molecule has 2 amide bonds. The van der Waals surface area contributed by atoms with Crippen LogP contribution in [0.5, 0.6) is 17.4 Å². The molecular weight excluding hydrogens is 394 g/mol. The van der Waals surface area contributed by atoms with Gasteiger partial charge in [0.2, 0.25) is 11.8 Å². The number of carbonyl (C=O) groups is 2. The van der Waals surface area contributed by atoms with Crippen molar-refractivity contribution in [3.8, 4) is 17.4 Å². The summed E-state index contributed by atoms with van der Waals surface area (Å²) in [5.41, 5.74) is 2.31. The van der Waals surface area contributed by atoms with E-state index in [1.807, 2.05) is 43.3 Å². The highest BCUT2D eigenvalue weighted by Crippen LogP contribution is 2.23. The SMILES string of the molecule is COc1cccc(Oc2ccc(CNC(=O)C(C)NC(=O)c3cccc(C)c3)cn2)c1. The van der Waals surface area contributed by atoms with E-state index in [4.69, 9.17) is 9.47 Å². The summed E-state index contributed by atoms with van der Waals surface area (Å²) in [6, 6.07) is 17.3. The second-order valence-corrected chi connectivity index (χ2v) is 7.07. The van der Waals surface area contributed by atoms with Crippen molar-refractivity contribution < 1.29 is 19.1 Å². The van der Waals surface area contributed by atoms with Crippen LogP contribution in [-0.2, 0) is 11.3 Å². The number of hydrogen-bond donors (Lipinski definition) is 2. The molecule has 0 aliphatic carbocycles. The third-order valence-corrected chi connectivity index (χ3v) is 4.55. The fraction of sp³-hybridized carbons (Fsp3) is 0.208. The maximum Gasteiger partial charge on any atom is 0.251 e. The zero-order valence-electron chi connectivity index (χ0n) is 17.7. The van der Waals surface area contributed by atoms with Gasteiger partial charge in [0.1, 0.15) is 17.5 Å². The Labute approximate surface area is 181 Å². The van der Waals surface area contributed by atoms with Crippen LogP contribution < -0.4 is 20.1 Å². The van der Waals surface area contributed by atoms with E-state index in [-0.39, 0.29) is 18.4 Å². The average Bonchev–Trinajstić information content (AvgIpc) is 2.78. The van der Waals surface area contributed by atoms with Crippen molar-refractivity contribution in [2.45, 2.75) is 26.4 Å². The third kappa shape index (κ3) is 6.30. The summed E-state index contributed by atoms with van der Waals surface area (Å²) >= 11 is 0. The highest BCUT2D eigenvalue weighted by molar-refractivity contribution is 5.97. The number of aromatic nitrogens is 1. The van der Waals surface area contributed by atoms with Gasteiger partial charge in [-0.25, -0.2) is 4.98 Å². The van der Waals surface area contributed by atoms with Crippen molar-refractivity contribution in [3.05, 3.63) is 83.6 Å². The molecule has 0 saturated heterocycles. The van der Waals surface area contributed by atoms with E-state index in [1.165, 1.54) is 0 Å². The predicted molar refractivity (Wildman–Crippen MR) is 117 cm³/mol. The van der Waals surface area contributed by atoms with Crippen LogP contribution in [0, 0.1) is 6.92 Å². The van der Waals surface area contributed by atoms with Crippen molar-refractivity contribution in [2.24, 2.45) is 0 Å². The molecule has 0 aliphatic rings. The number of ether oxygens (including phenoxy) is 2. The fourth-order valence-electron chi connectivity index (χ4n) is 2.84. The molecule has 2 N–H and O–H groups in total. The first kappa shape index (κ1) is 21.8. The largest absolute Gasteiger partial charge is 0.497 e. The molecule has 0 saturated carbocycles. The molecule has 0 radical (unpaired) electrons. The molecule has 7 nitrogen and oxygen atoms in total. The second kappa shape index (κ2) is 10.2. The molecule has 0 spiro atoms. The second-order valence-electron chi connectivity index (χ2n) is 7.07. The Balaban J connectivity index is 1.49. The lowest BCUT2D eigenvalue weighted by molar-refractivity contribution is -0.122. The monoisotopic (exact) mass is 419 g/mol. The standard InChI is InChI=1S/C24H25N3O4/c1-16-6-4-7-19(12-16)24(29)27-17(2)23(28)26-15-18-10-11-22(25-14-18)31-21-9-5-8-20(13-21)30-3/h4-14,17H,15H2,1-3H3,(H,26,28)(H,27,29). The van der Waals surface area contributed by atoms with E-state index in [9.17, 15) is 9.59 Å². The number of nitrogens with one attached hydrogen (secondary N) is 2. The number of amides is 2. The van der Waals surface area contributed by atoms with Crippen LogP contribution in [0.15, 0.2) is 66.9 Å². The minimum atomic E-state index is -0.670. The first-order chi connectivity index (χ1) is 14.9. The summed E-state index contributed by atoms with van der Waals surface area (Å²) in [5.74, 6) is 1.18. The first-order valence-corrected chi connectivity index (χ1v) is 9.86. The number of rotatable bonds is 8. The fourth-order valence-corrected chi connectivity index (χ4v) is 2.84. The topological polar surface area (TPSA) is 89.5 Å². The molecule has 0 bridgehead atoms. The van der Waals surface area contributed by atoms with Gasteiger partial charge in [-0.2, -0.15) is 0 Å². The zero-order chi connectivity index (χ0) is 22.2. The van der Waals surface area contributed by atoms with E-state index in [1.54, 1.807) is 44.5 Å². The van der Waals surface area contributed by atoms with E-state index < -0.39 is 6.04 Å². The first-order valence-electron chi connectivity index (χ1n) is 9.86. The van der Waals surface area contributed by atoms with Crippen molar-refractivity contribution in [2.75, 3.05) is 7.11 Å². The van der Waals surface area contributed by atoms with Crippen LogP contribution in [0.1, 0.15) is 28.4 Å². The summed E-state index contributed by atoms with van der Waals surface area (Å²) < 4.78 is 10.9. The van der Waals surface area contributed by atoms with Gasteiger partial charge in [0.05, 0.1) is 7.11 Å². The van der Waals surface area contributed by atoms with E-state index >= 15 is 0 Å². The Bertz CT molecular complexity index is 1050. The zero-order valence-corrected chi connectivity index (χ0v) is 17.7. The van der Waals surface area contributed by atoms with Gasteiger partial charge in [-0.15, -0.1) is 0 Å². The number of aryl methyl sites for hydroxylation is 1. The van der Waals surface area contributed by atoms with Crippen molar-refractivity contribution in [1.29, 1.82) is 0 Å². The van der Waals surface area contributed by atoms with E-state index in [2.05, 4.69) is 15.6 Å². The van der Waals surface area contributed by atoms with Gasteiger partial charge in [-0.05, 0) is 43.7 Å². The van der Waals surface area contributed by atoms with Crippen LogP contribution in [-0.4, -0.2) is 29.9 Å². The molecule has 2 aromatic carbocycles. The molecular formula is C24H25N3O4. The molecule has 7 heteroatoms. The van der Waals surface area contributed by atoms with Crippen LogP contribution in [0.3, 0.4) is 0 Å². The lowest BCUT2D eigenvalue weighted by atomic mass is 10.1. The van der Waals surface area contributed by atoms with Crippen molar-refractivity contribution in [1.82, 2.24) is 15.6 Å². The van der Waals surface area contributed by atoms with Gasteiger partial charge in [0.25, 0.3) is 5.91 Å². The third-order valence-electron chi connectivity index (χ3n) is 4.55. The van der Waals surface area contributed by atoms with Crippen LogP contribution in [0.2, 0.25) is 0 Å². The highest BCUT2D eigenvalue weighted by atomic mass is 16.5. The summed E-state index contributed by atoms with van der Waals surface area (Å²) in [4.78, 5) is 28.9. The summed E-state index contributed by atoms with van der Waals surface area (Å²) in [6.45, 7) is 3.84. The van der Waals surface area contributed by atoms with Gasteiger partial charge < -0.3 is 20.1 Å². The molecule has 31 heavy (non-hydrogen) atoms. The molecule has 0 fully saturated rings. The normalized spacial score (nSPS) is 11.3. The predicted octanol–water partition coefficient (Wildman–Crippen LogP) is 3.63. The minimum Gasteiger partial charge on any atom is -0.497 e. The highest BCUT2D eigenvalue weighted by Gasteiger charge is 2.16. The maximum atomic E-state index is 12.3. The summed E-state index contributed by atoms with van der Waals surface area (Å²) in [7, 11) is 1.59. The lowest BCUT2D eigenvalue weighted by Crippen LogP contribution is -2.44. The molecule has 1 atom stereocenters. The number of carbonyl (C=O) groups excluding carboxylic acids is 2. The molecule has 3 aromatic rings. The van der Waals surface area contributed by atoms with Crippen LogP contribution >= 0.6 is 0 Å². The number of pyridine rings is 1. The Morgan fingerprint density at radius 2 is 1.81 bits per heavy atom. The number of benzene rings is 2. The van der Waals surface area contributed by atoms with Crippen molar-refractivity contribution >= 4 is 11.8 Å². The molecule has 1 aromatic heterocycles. The van der Waals surface area contributed by atoms with Crippen LogP contribution in [0.25, 0.3) is 0 Å². The lowest BCUT2D eigenvalue weighted by Gasteiger charge is -2.14. The number of nitrogens with zero attached hydrogens (tertiary/aromatic N) is 1. The molecule has 0 aliphatic heterocycles. The Hall–Kier alpha value is -3.87. The average molecular weight is 419 g/mol. The van der Waals surface area contributed by atoms with Crippen molar-refractivity contribution in [3.63, 3.8) is 0 Å². The molecule has 1 heterocycles. The van der Waals surface area contributed by atoms with Crippen LogP contribution in [0.4, 0.5) is 0 Å². The Morgan fingerprint density at radius 3 is 2.52 bits per heavy atom. The quantitative estimate of drug-likeness (QED) is 0.582. The number of methoxy groups -OCH3 is 1. The molecule has 160 valence electrons. The van der Waals surface area contributed by atoms with E-state index in [0.717, 1.165) is 11.1 Å². The van der Waals surface area contributed by atoms with Gasteiger partial charge in [0.15, 0.2) is 0 Å². The molecule has 3 rings (SSSR count). The maximum absolute atomic E-state index is 12.3.